The molecule has 75 heavy (non-hydrogen) atoms. The van der Waals surface area contributed by atoms with Crippen molar-refractivity contribution in [2.24, 2.45) is 0 Å². The van der Waals surface area contributed by atoms with Crippen LogP contribution in [0.5, 0.6) is 0 Å². The highest BCUT2D eigenvalue weighted by Gasteiger charge is 2.19. The molecule has 0 fully saturated rings. The van der Waals surface area contributed by atoms with E-state index in [1.54, 1.807) is 0 Å². The smallest absolute Gasteiger partial charge is 0.306 e. The van der Waals surface area contributed by atoms with Gasteiger partial charge in [-0.3, -0.25) is 14.4 Å². The van der Waals surface area contributed by atoms with E-state index in [0.29, 0.717) is 19.3 Å². The minimum atomic E-state index is -0.786. The molecular formula is C69H120O6. The normalized spacial score (nSPS) is 12.6. The first-order chi connectivity index (χ1) is 37.0. The molecule has 0 saturated heterocycles. The van der Waals surface area contributed by atoms with Crippen molar-refractivity contribution in [3.63, 3.8) is 0 Å². The topological polar surface area (TPSA) is 78.9 Å². The highest BCUT2D eigenvalue weighted by atomic mass is 16.6. The van der Waals surface area contributed by atoms with Crippen molar-refractivity contribution in [3.05, 3.63) is 85.1 Å². The van der Waals surface area contributed by atoms with Gasteiger partial charge in [-0.2, -0.15) is 0 Å². The zero-order valence-corrected chi connectivity index (χ0v) is 49.6. The summed E-state index contributed by atoms with van der Waals surface area (Å²) in [7, 11) is 0. The van der Waals surface area contributed by atoms with Crippen LogP contribution in [0.4, 0.5) is 0 Å². The van der Waals surface area contributed by atoms with Crippen molar-refractivity contribution in [1.29, 1.82) is 0 Å². The molecule has 0 aromatic carbocycles. The lowest BCUT2D eigenvalue weighted by Gasteiger charge is -2.18. The lowest BCUT2D eigenvalue weighted by Crippen LogP contribution is -2.30. The first-order valence-corrected chi connectivity index (χ1v) is 32.1. The summed E-state index contributed by atoms with van der Waals surface area (Å²) in [6, 6.07) is 0. The summed E-state index contributed by atoms with van der Waals surface area (Å²) in [5, 5.41) is 0. The largest absolute Gasteiger partial charge is 0.462 e. The predicted octanol–water partition coefficient (Wildman–Crippen LogP) is 21.9. The molecule has 0 aromatic rings. The molecule has 0 aliphatic rings. The first kappa shape index (κ1) is 71.6. The van der Waals surface area contributed by atoms with Crippen molar-refractivity contribution in [2.45, 2.75) is 322 Å². The van der Waals surface area contributed by atoms with Crippen LogP contribution in [0.25, 0.3) is 0 Å². The number of carbonyl (C=O) groups excluding carboxylic acids is 3. The van der Waals surface area contributed by atoms with Gasteiger partial charge < -0.3 is 14.2 Å². The zero-order valence-electron chi connectivity index (χ0n) is 49.6. The summed E-state index contributed by atoms with van der Waals surface area (Å²) in [5.74, 6) is -0.892. The molecule has 1 unspecified atom stereocenters. The maximum Gasteiger partial charge on any atom is 0.306 e. The van der Waals surface area contributed by atoms with Gasteiger partial charge in [-0.15, -0.1) is 0 Å². The van der Waals surface area contributed by atoms with E-state index in [-0.39, 0.29) is 31.1 Å². The summed E-state index contributed by atoms with van der Waals surface area (Å²) in [4.78, 5) is 38.3. The van der Waals surface area contributed by atoms with Crippen LogP contribution in [0.1, 0.15) is 316 Å². The molecule has 0 spiro atoms. The number of unbranched alkanes of at least 4 members (excludes halogenated alkanes) is 33. The van der Waals surface area contributed by atoms with Gasteiger partial charge in [-0.1, -0.05) is 286 Å². The Morgan fingerprint density at radius 2 is 0.520 bits per heavy atom. The molecule has 0 rings (SSSR count). The number of allylic oxidation sites excluding steroid dienone is 14. The van der Waals surface area contributed by atoms with Gasteiger partial charge >= 0.3 is 17.9 Å². The van der Waals surface area contributed by atoms with Crippen molar-refractivity contribution in [2.75, 3.05) is 13.2 Å². The lowest BCUT2D eigenvalue weighted by atomic mass is 10.0. The molecule has 0 heterocycles. The van der Waals surface area contributed by atoms with Gasteiger partial charge in [0.15, 0.2) is 6.10 Å². The number of hydrogen-bond acceptors (Lipinski definition) is 6. The molecule has 6 nitrogen and oxygen atoms in total. The third kappa shape index (κ3) is 61.3. The fourth-order valence-electron chi connectivity index (χ4n) is 9.09. The van der Waals surface area contributed by atoms with Crippen molar-refractivity contribution in [1.82, 2.24) is 0 Å². The molecule has 0 amide bonds. The zero-order chi connectivity index (χ0) is 54.3. The highest BCUT2D eigenvalue weighted by molar-refractivity contribution is 5.71. The maximum atomic E-state index is 12.9. The molecule has 0 saturated carbocycles. The minimum Gasteiger partial charge on any atom is -0.462 e. The van der Waals surface area contributed by atoms with E-state index in [4.69, 9.17) is 14.2 Å². The fraction of sp³-hybridized carbons (Fsp3) is 0.754. The number of ether oxygens (including phenoxy) is 3. The maximum absolute atomic E-state index is 12.9. The third-order valence-corrected chi connectivity index (χ3v) is 13.9. The van der Waals surface area contributed by atoms with E-state index < -0.39 is 6.10 Å². The average molecular weight is 1050 g/mol. The number of esters is 3. The third-order valence-electron chi connectivity index (χ3n) is 13.9. The standard InChI is InChI=1S/C69H120O6/c1-4-7-10-13-16-19-22-25-27-29-31-32-33-34-35-36-38-39-41-44-47-50-53-56-59-62-68(71)74-65-66(64-73-67(70)61-58-55-52-49-46-43-24-21-18-15-12-9-6-3)75-69(72)63-60-57-54-51-48-45-42-40-37-30-28-26-23-20-17-14-11-8-5-2/h7,10,16,19,21,24-25,27,31-32,34-35,38-39,66H,4-6,8-9,11-15,17-18,20,22-23,26,28-30,33,36-37,40-65H2,1-3H3/b10-7-,19-16-,24-21-,27-25-,32-31-,35-34-,39-38-. The summed E-state index contributed by atoms with van der Waals surface area (Å²) >= 11 is 0. The molecule has 1 atom stereocenters. The van der Waals surface area contributed by atoms with E-state index in [1.807, 2.05) is 0 Å². The molecule has 432 valence electrons. The summed E-state index contributed by atoms with van der Waals surface area (Å²) in [5.41, 5.74) is 0. The Balaban J connectivity index is 4.35. The quantitative estimate of drug-likeness (QED) is 0.0261. The van der Waals surface area contributed by atoms with Crippen molar-refractivity contribution < 1.29 is 28.6 Å². The molecule has 0 aromatic heterocycles. The molecular weight excluding hydrogens is 925 g/mol. The minimum absolute atomic E-state index is 0.0829. The van der Waals surface area contributed by atoms with E-state index >= 15 is 0 Å². The Hall–Kier alpha value is -3.41. The van der Waals surface area contributed by atoms with Crippen LogP contribution >= 0.6 is 0 Å². The number of hydrogen-bond donors (Lipinski definition) is 0. The molecule has 0 bridgehead atoms. The van der Waals surface area contributed by atoms with Crippen molar-refractivity contribution >= 4 is 17.9 Å². The van der Waals surface area contributed by atoms with Crippen LogP contribution in [-0.2, 0) is 28.6 Å². The SMILES string of the molecule is CC/C=C\C/C=C\C/C=C\C/C=C\C/C=C\C/C=C\CCCCCCCCC(=O)OCC(COC(=O)CCCCCCC/C=C\CCCCCC)OC(=O)CCCCCCCCCCCCCCCCCCCCC. The second-order valence-electron chi connectivity index (χ2n) is 21.3. The van der Waals surface area contributed by atoms with Crippen LogP contribution < -0.4 is 0 Å². The number of rotatable bonds is 58. The van der Waals surface area contributed by atoms with E-state index in [2.05, 4.69) is 106 Å². The first-order valence-electron chi connectivity index (χ1n) is 32.1. The van der Waals surface area contributed by atoms with Gasteiger partial charge in [-0.05, 0) is 96.3 Å². The summed E-state index contributed by atoms with van der Waals surface area (Å²) in [6.45, 7) is 6.53. The lowest BCUT2D eigenvalue weighted by molar-refractivity contribution is -0.167. The summed E-state index contributed by atoms with van der Waals surface area (Å²) < 4.78 is 16.9. The van der Waals surface area contributed by atoms with Gasteiger partial charge in [0.05, 0.1) is 0 Å². The Morgan fingerprint density at radius 3 is 0.840 bits per heavy atom. The Labute approximate surface area is 465 Å². The molecule has 0 radical (unpaired) electrons. The Kier molecular flexibility index (Phi) is 60.3. The Bertz CT molecular complexity index is 1430. The van der Waals surface area contributed by atoms with Crippen LogP contribution in [0.15, 0.2) is 85.1 Å². The molecule has 0 N–H and O–H groups in total. The van der Waals surface area contributed by atoms with E-state index in [9.17, 15) is 14.4 Å². The van der Waals surface area contributed by atoms with Crippen LogP contribution in [0.2, 0.25) is 0 Å². The fourth-order valence-corrected chi connectivity index (χ4v) is 9.09. The summed E-state index contributed by atoms with van der Waals surface area (Å²) in [6.07, 6.45) is 83.0. The monoisotopic (exact) mass is 1040 g/mol. The van der Waals surface area contributed by atoms with Crippen molar-refractivity contribution in [3.8, 4) is 0 Å². The van der Waals surface area contributed by atoms with E-state index in [0.717, 1.165) is 116 Å². The van der Waals surface area contributed by atoms with Crippen LogP contribution in [0, 0.1) is 0 Å². The van der Waals surface area contributed by atoms with Crippen LogP contribution in [-0.4, -0.2) is 37.2 Å². The van der Waals surface area contributed by atoms with Gasteiger partial charge in [0.25, 0.3) is 0 Å². The Morgan fingerprint density at radius 1 is 0.280 bits per heavy atom. The van der Waals surface area contributed by atoms with Gasteiger partial charge in [0.1, 0.15) is 13.2 Å². The predicted molar refractivity (Wildman–Crippen MR) is 325 cm³/mol. The van der Waals surface area contributed by atoms with Gasteiger partial charge in [0.2, 0.25) is 0 Å². The molecule has 0 aliphatic heterocycles. The number of carbonyl (C=O) groups is 3. The average Bonchev–Trinajstić information content (AvgIpc) is 3.41. The molecule has 6 heteroatoms. The van der Waals surface area contributed by atoms with Crippen LogP contribution in [0.3, 0.4) is 0 Å². The molecule has 0 aliphatic carbocycles. The second-order valence-corrected chi connectivity index (χ2v) is 21.3. The second kappa shape index (κ2) is 63.1. The highest BCUT2D eigenvalue weighted by Crippen LogP contribution is 2.17. The van der Waals surface area contributed by atoms with Gasteiger partial charge in [-0.25, -0.2) is 0 Å². The van der Waals surface area contributed by atoms with Gasteiger partial charge in [0, 0.05) is 19.3 Å². The van der Waals surface area contributed by atoms with E-state index in [1.165, 1.54) is 161 Å².